The molecule has 18 heavy (non-hydrogen) atoms. The summed E-state index contributed by atoms with van der Waals surface area (Å²) in [6.45, 7) is -0.191. The third-order valence-corrected chi connectivity index (χ3v) is 2.36. The maximum atomic E-state index is 11.6. The first-order valence-electron chi connectivity index (χ1n) is 5.40. The summed E-state index contributed by atoms with van der Waals surface area (Å²) < 4.78 is 5.11. The van der Waals surface area contributed by atoms with Gasteiger partial charge in [-0.1, -0.05) is 18.2 Å². The van der Waals surface area contributed by atoms with E-state index in [1.807, 2.05) is 0 Å². The Morgan fingerprint density at radius 1 is 1.44 bits per heavy atom. The molecule has 0 aromatic heterocycles. The number of carbonyl (C=O) groups excluding carboxylic acids is 2. The molecule has 0 saturated carbocycles. The molecule has 6 nitrogen and oxygen atoms in total. The summed E-state index contributed by atoms with van der Waals surface area (Å²) in [5.74, 6) is -0.574. The van der Waals surface area contributed by atoms with E-state index in [4.69, 9.17) is 15.6 Å². The van der Waals surface area contributed by atoms with Crippen LogP contribution in [0.2, 0.25) is 0 Å². The van der Waals surface area contributed by atoms with Gasteiger partial charge < -0.3 is 20.9 Å². The van der Waals surface area contributed by atoms with E-state index in [2.05, 4.69) is 5.32 Å². The fourth-order valence-corrected chi connectivity index (χ4v) is 1.40. The number of ether oxygens (including phenoxy) is 1. The minimum Gasteiger partial charge on any atom is -0.496 e. The Balaban J connectivity index is 2.52. The van der Waals surface area contributed by atoms with Crippen molar-refractivity contribution in [3.63, 3.8) is 0 Å². The molecule has 6 heteroatoms. The van der Waals surface area contributed by atoms with Gasteiger partial charge in [0.15, 0.2) is 0 Å². The van der Waals surface area contributed by atoms with Gasteiger partial charge in [0.05, 0.1) is 20.1 Å². The molecule has 1 unspecified atom stereocenters. The summed E-state index contributed by atoms with van der Waals surface area (Å²) >= 11 is 0. The minimum absolute atomic E-state index is 0.107. The lowest BCUT2D eigenvalue weighted by Crippen LogP contribution is -2.40. The summed E-state index contributed by atoms with van der Waals surface area (Å²) in [6, 6.07) is 7.12. The molecule has 0 saturated heterocycles. The monoisotopic (exact) mass is 252 g/mol. The molecule has 1 aromatic carbocycles. The smallest absolute Gasteiger partial charge is 0.248 e. The van der Waals surface area contributed by atoms with Crippen LogP contribution in [0.15, 0.2) is 24.3 Å². The number of rotatable bonds is 6. The van der Waals surface area contributed by atoms with Crippen LogP contribution >= 0.6 is 0 Å². The second-order valence-corrected chi connectivity index (χ2v) is 3.71. The molecule has 1 rings (SSSR count). The van der Waals surface area contributed by atoms with E-state index in [1.54, 1.807) is 24.3 Å². The van der Waals surface area contributed by atoms with Gasteiger partial charge in [-0.2, -0.15) is 0 Å². The lowest BCUT2D eigenvalue weighted by molar-refractivity contribution is -0.126. The average molecular weight is 252 g/mol. The zero-order valence-electron chi connectivity index (χ0n) is 10.1. The molecule has 98 valence electrons. The number of aliphatic hydroxyl groups excluding tert-OH is 1. The summed E-state index contributed by atoms with van der Waals surface area (Å²) in [4.78, 5) is 22.1. The van der Waals surface area contributed by atoms with E-state index in [1.165, 1.54) is 7.11 Å². The lowest BCUT2D eigenvalue weighted by Gasteiger charge is -2.10. The van der Waals surface area contributed by atoms with Crippen LogP contribution in [0, 0.1) is 0 Å². The summed E-state index contributed by atoms with van der Waals surface area (Å²) in [6.07, 6.45) is -1.26. The summed E-state index contributed by atoms with van der Waals surface area (Å²) in [7, 11) is 1.52. The first-order chi connectivity index (χ1) is 8.54. The van der Waals surface area contributed by atoms with E-state index in [0.29, 0.717) is 5.75 Å². The molecule has 4 N–H and O–H groups in total. The Morgan fingerprint density at radius 2 is 2.11 bits per heavy atom. The molecule has 0 aliphatic carbocycles. The predicted molar refractivity (Wildman–Crippen MR) is 64.9 cm³/mol. The van der Waals surface area contributed by atoms with Crippen LogP contribution in [0.5, 0.6) is 5.75 Å². The average Bonchev–Trinajstić information content (AvgIpc) is 2.36. The topological polar surface area (TPSA) is 102 Å². The van der Waals surface area contributed by atoms with Gasteiger partial charge >= 0.3 is 0 Å². The third kappa shape index (κ3) is 4.06. The Morgan fingerprint density at radius 3 is 2.72 bits per heavy atom. The second-order valence-electron chi connectivity index (χ2n) is 3.71. The number of benzene rings is 1. The zero-order chi connectivity index (χ0) is 13.5. The molecule has 1 aromatic rings. The van der Waals surface area contributed by atoms with Crippen LogP contribution < -0.4 is 15.8 Å². The fourth-order valence-electron chi connectivity index (χ4n) is 1.40. The number of methoxy groups -OCH3 is 1. The number of nitrogens with one attached hydrogen (secondary N) is 1. The highest BCUT2D eigenvalue weighted by Gasteiger charge is 2.13. The van der Waals surface area contributed by atoms with E-state index in [-0.39, 0.29) is 18.9 Å². The molecular formula is C12H16N2O4. The maximum absolute atomic E-state index is 11.6. The van der Waals surface area contributed by atoms with Gasteiger partial charge in [-0.25, -0.2) is 0 Å². The van der Waals surface area contributed by atoms with Crippen molar-refractivity contribution in [1.29, 1.82) is 0 Å². The van der Waals surface area contributed by atoms with Crippen LogP contribution in [-0.4, -0.2) is 36.7 Å². The number of carbonyl (C=O) groups is 2. The first kappa shape index (κ1) is 14.0. The van der Waals surface area contributed by atoms with Crippen molar-refractivity contribution in [2.75, 3.05) is 13.7 Å². The van der Waals surface area contributed by atoms with E-state index in [0.717, 1.165) is 5.56 Å². The van der Waals surface area contributed by atoms with E-state index in [9.17, 15) is 9.59 Å². The highest BCUT2D eigenvalue weighted by atomic mass is 16.5. The minimum atomic E-state index is -1.37. The molecule has 1 atom stereocenters. The number of amides is 2. The number of hydrogen-bond acceptors (Lipinski definition) is 4. The van der Waals surface area contributed by atoms with Crippen molar-refractivity contribution in [3.05, 3.63) is 29.8 Å². The maximum Gasteiger partial charge on any atom is 0.248 e. The van der Waals surface area contributed by atoms with Crippen LogP contribution in [0.1, 0.15) is 5.56 Å². The number of aliphatic hydroxyl groups is 1. The molecule has 2 amide bonds. The van der Waals surface area contributed by atoms with Gasteiger partial charge in [0.25, 0.3) is 0 Å². The quantitative estimate of drug-likeness (QED) is 0.617. The molecule has 0 spiro atoms. The summed E-state index contributed by atoms with van der Waals surface area (Å²) in [5.41, 5.74) is 5.59. The molecule has 0 radical (unpaired) electrons. The standard InChI is InChI=1S/C12H16N2O4/c1-18-10-5-3-2-4-8(10)6-11(16)14-7-9(15)12(13)17/h2-5,9,15H,6-7H2,1H3,(H2,13,17)(H,14,16). The fraction of sp³-hybridized carbons (Fsp3) is 0.333. The molecule has 0 aliphatic rings. The third-order valence-electron chi connectivity index (χ3n) is 2.36. The van der Waals surface area contributed by atoms with Gasteiger partial charge in [-0.05, 0) is 6.07 Å². The van der Waals surface area contributed by atoms with Gasteiger partial charge in [0, 0.05) is 5.56 Å². The highest BCUT2D eigenvalue weighted by molar-refractivity contribution is 5.82. The van der Waals surface area contributed by atoms with E-state index < -0.39 is 12.0 Å². The van der Waals surface area contributed by atoms with Crippen molar-refractivity contribution >= 4 is 11.8 Å². The SMILES string of the molecule is COc1ccccc1CC(=O)NCC(O)C(N)=O. The number of nitrogens with two attached hydrogens (primary N) is 1. The first-order valence-corrected chi connectivity index (χ1v) is 5.40. The van der Waals surface area contributed by atoms with Crippen LogP contribution in [0.25, 0.3) is 0 Å². The van der Waals surface area contributed by atoms with E-state index >= 15 is 0 Å². The van der Waals surface area contributed by atoms with Crippen molar-refractivity contribution in [2.24, 2.45) is 5.73 Å². The van der Waals surface area contributed by atoms with Gasteiger partial charge in [-0.15, -0.1) is 0 Å². The zero-order valence-corrected chi connectivity index (χ0v) is 10.1. The van der Waals surface area contributed by atoms with Crippen molar-refractivity contribution in [2.45, 2.75) is 12.5 Å². The number of para-hydroxylation sites is 1. The summed E-state index contributed by atoms with van der Waals surface area (Å²) in [5, 5.41) is 11.5. The highest BCUT2D eigenvalue weighted by Crippen LogP contribution is 2.17. The number of primary amides is 1. The molecular weight excluding hydrogens is 236 g/mol. The van der Waals surface area contributed by atoms with Crippen molar-refractivity contribution in [3.8, 4) is 5.75 Å². The van der Waals surface area contributed by atoms with Crippen LogP contribution in [0.4, 0.5) is 0 Å². The Bertz CT molecular complexity index is 434. The van der Waals surface area contributed by atoms with Crippen molar-refractivity contribution in [1.82, 2.24) is 5.32 Å². The second kappa shape index (κ2) is 6.61. The van der Waals surface area contributed by atoms with Crippen LogP contribution in [-0.2, 0) is 16.0 Å². The Kier molecular flexibility index (Phi) is 5.13. The molecule has 0 fully saturated rings. The Hall–Kier alpha value is -2.08. The van der Waals surface area contributed by atoms with Crippen LogP contribution in [0.3, 0.4) is 0 Å². The molecule has 0 bridgehead atoms. The largest absolute Gasteiger partial charge is 0.496 e. The molecule has 0 aliphatic heterocycles. The normalized spacial score (nSPS) is 11.7. The molecule has 0 heterocycles. The van der Waals surface area contributed by atoms with Crippen molar-refractivity contribution < 1.29 is 19.4 Å². The van der Waals surface area contributed by atoms with Gasteiger partial charge in [0.1, 0.15) is 11.9 Å². The predicted octanol–water partition coefficient (Wildman–Crippen LogP) is -0.800. The number of hydrogen-bond donors (Lipinski definition) is 3. The lowest BCUT2D eigenvalue weighted by atomic mass is 10.1. The van der Waals surface area contributed by atoms with Gasteiger partial charge in [-0.3, -0.25) is 9.59 Å². The van der Waals surface area contributed by atoms with Gasteiger partial charge in [0.2, 0.25) is 11.8 Å². The Labute approximate surface area is 105 Å².